The van der Waals surface area contributed by atoms with Crippen molar-refractivity contribution in [3.63, 3.8) is 0 Å². The van der Waals surface area contributed by atoms with E-state index in [0.717, 1.165) is 25.8 Å². The molecule has 0 radical (unpaired) electrons. The molecule has 0 saturated carbocycles. The van der Waals surface area contributed by atoms with Gasteiger partial charge in [0.05, 0.1) is 5.69 Å². The van der Waals surface area contributed by atoms with E-state index in [-0.39, 0.29) is 6.04 Å². The molecule has 2 N–H and O–H groups in total. The molecule has 1 atom stereocenters. The summed E-state index contributed by atoms with van der Waals surface area (Å²) in [7, 11) is 0. The van der Waals surface area contributed by atoms with Gasteiger partial charge in [-0.1, -0.05) is 40.0 Å². The lowest BCUT2D eigenvalue weighted by Crippen LogP contribution is -2.19. The number of hydrogen-bond donors (Lipinski definition) is 1. The third-order valence-corrected chi connectivity index (χ3v) is 3.67. The first-order valence-corrected chi connectivity index (χ1v) is 7.96. The number of unbranched alkanes of at least 4 members (excludes halogenated alkanes) is 3. The molecule has 1 rings (SSSR count). The van der Waals surface area contributed by atoms with Gasteiger partial charge >= 0.3 is 0 Å². The van der Waals surface area contributed by atoms with Crippen molar-refractivity contribution in [3.8, 4) is 0 Å². The quantitative estimate of drug-likeness (QED) is 0.695. The van der Waals surface area contributed by atoms with Gasteiger partial charge in [-0.2, -0.15) is 5.10 Å². The Kier molecular flexibility index (Phi) is 7.14. The van der Waals surface area contributed by atoms with Crippen molar-refractivity contribution in [2.75, 3.05) is 0 Å². The number of hydrogen-bond acceptors (Lipinski definition) is 2. The molecule has 0 aliphatic heterocycles. The van der Waals surface area contributed by atoms with E-state index >= 15 is 0 Å². The highest BCUT2D eigenvalue weighted by Gasteiger charge is 2.16. The molecular formula is C16H31N3. The molecule has 1 aromatic rings. The Bertz CT molecular complexity index is 366. The highest BCUT2D eigenvalue weighted by atomic mass is 15.3. The number of aryl methyl sites for hydroxylation is 2. The molecule has 1 aromatic heterocycles. The maximum absolute atomic E-state index is 5.98. The molecule has 3 nitrogen and oxygen atoms in total. The maximum Gasteiger partial charge on any atom is 0.0657 e. The minimum atomic E-state index is 0.216. The third-order valence-electron chi connectivity index (χ3n) is 3.67. The van der Waals surface area contributed by atoms with Crippen molar-refractivity contribution in [3.05, 3.63) is 17.0 Å². The summed E-state index contributed by atoms with van der Waals surface area (Å²) < 4.78 is 2.24. The number of rotatable bonds is 9. The molecule has 0 aromatic carbocycles. The standard InChI is InChI=1S/C16H31N3/c1-5-8-9-10-11-19-16(7-3)14(12-13(4)17)15(6-2)18-19/h13H,5-12,17H2,1-4H3. The first-order chi connectivity index (χ1) is 9.13. The normalized spacial score (nSPS) is 12.9. The van der Waals surface area contributed by atoms with E-state index in [0.29, 0.717) is 0 Å². The molecule has 0 saturated heterocycles. The van der Waals surface area contributed by atoms with Crippen LogP contribution < -0.4 is 5.73 Å². The predicted octanol–water partition coefficient (Wildman–Crippen LogP) is 3.48. The van der Waals surface area contributed by atoms with Gasteiger partial charge in [-0.05, 0) is 38.2 Å². The lowest BCUT2D eigenvalue weighted by atomic mass is 10.0. The molecule has 110 valence electrons. The lowest BCUT2D eigenvalue weighted by Gasteiger charge is -2.09. The highest BCUT2D eigenvalue weighted by Crippen LogP contribution is 2.19. The summed E-state index contributed by atoms with van der Waals surface area (Å²) in [6.45, 7) is 9.81. The van der Waals surface area contributed by atoms with Crippen molar-refractivity contribution < 1.29 is 0 Å². The van der Waals surface area contributed by atoms with Crippen LogP contribution in [0.3, 0.4) is 0 Å². The van der Waals surface area contributed by atoms with Gasteiger partial charge in [0.25, 0.3) is 0 Å². The third kappa shape index (κ3) is 4.64. The maximum atomic E-state index is 5.98. The van der Waals surface area contributed by atoms with Crippen molar-refractivity contribution in [2.24, 2.45) is 5.73 Å². The fourth-order valence-electron chi connectivity index (χ4n) is 2.70. The molecule has 0 amide bonds. The second-order valence-corrected chi connectivity index (χ2v) is 5.54. The summed E-state index contributed by atoms with van der Waals surface area (Å²) in [5.41, 5.74) is 10.1. The van der Waals surface area contributed by atoms with E-state index in [1.807, 2.05) is 0 Å². The van der Waals surface area contributed by atoms with Crippen LogP contribution in [-0.4, -0.2) is 15.8 Å². The smallest absolute Gasteiger partial charge is 0.0657 e. The molecule has 1 unspecified atom stereocenters. The van der Waals surface area contributed by atoms with Crippen LogP contribution in [0.2, 0.25) is 0 Å². The van der Waals surface area contributed by atoms with Gasteiger partial charge in [0.15, 0.2) is 0 Å². The zero-order chi connectivity index (χ0) is 14.3. The van der Waals surface area contributed by atoms with Gasteiger partial charge < -0.3 is 5.73 Å². The van der Waals surface area contributed by atoms with Gasteiger partial charge in [0.2, 0.25) is 0 Å². The van der Waals surface area contributed by atoms with Crippen LogP contribution in [0.4, 0.5) is 0 Å². The van der Waals surface area contributed by atoms with Crippen molar-refractivity contribution >= 4 is 0 Å². The van der Waals surface area contributed by atoms with Crippen molar-refractivity contribution in [1.82, 2.24) is 9.78 Å². The molecule has 0 bridgehead atoms. The van der Waals surface area contributed by atoms with Crippen LogP contribution in [0, 0.1) is 0 Å². The van der Waals surface area contributed by atoms with E-state index < -0.39 is 0 Å². The average molecular weight is 265 g/mol. The lowest BCUT2D eigenvalue weighted by molar-refractivity contribution is 0.521. The van der Waals surface area contributed by atoms with Crippen LogP contribution in [0.1, 0.15) is 70.3 Å². The SMILES string of the molecule is CCCCCCn1nc(CC)c(CC(C)N)c1CC. The molecule has 1 heterocycles. The average Bonchev–Trinajstić information content (AvgIpc) is 2.71. The van der Waals surface area contributed by atoms with Crippen molar-refractivity contribution in [2.45, 2.75) is 85.2 Å². The van der Waals surface area contributed by atoms with E-state index in [2.05, 4.69) is 32.4 Å². The van der Waals surface area contributed by atoms with Gasteiger partial charge in [-0.15, -0.1) is 0 Å². The number of aromatic nitrogens is 2. The molecule has 19 heavy (non-hydrogen) atoms. The monoisotopic (exact) mass is 265 g/mol. The topological polar surface area (TPSA) is 43.8 Å². The second kappa shape index (κ2) is 8.36. The summed E-state index contributed by atoms with van der Waals surface area (Å²) in [5, 5.41) is 4.81. The molecular weight excluding hydrogens is 234 g/mol. The summed E-state index contributed by atoms with van der Waals surface area (Å²) in [6, 6.07) is 0.216. The fourth-order valence-corrected chi connectivity index (χ4v) is 2.70. The van der Waals surface area contributed by atoms with Gasteiger partial charge in [0, 0.05) is 18.3 Å². The minimum absolute atomic E-state index is 0.216. The Balaban J connectivity index is 2.82. The van der Waals surface area contributed by atoms with E-state index in [4.69, 9.17) is 10.8 Å². The van der Waals surface area contributed by atoms with E-state index in [9.17, 15) is 0 Å². The largest absolute Gasteiger partial charge is 0.328 e. The molecule has 0 aliphatic rings. The first-order valence-electron chi connectivity index (χ1n) is 7.96. The van der Waals surface area contributed by atoms with Crippen LogP contribution in [0.5, 0.6) is 0 Å². The summed E-state index contributed by atoms with van der Waals surface area (Å²) >= 11 is 0. The second-order valence-electron chi connectivity index (χ2n) is 5.54. The predicted molar refractivity (Wildman–Crippen MR) is 82.5 cm³/mol. The zero-order valence-corrected chi connectivity index (χ0v) is 13.2. The molecule has 0 aliphatic carbocycles. The summed E-state index contributed by atoms with van der Waals surface area (Å²) in [6.07, 6.45) is 8.19. The van der Waals surface area contributed by atoms with E-state index in [1.54, 1.807) is 0 Å². The van der Waals surface area contributed by atoms with Crippen LogP contribution >= 0.6 is 0 Å². The fraction of sp³-hybridized carbons (Fsp3) is 0.812. The summed E-state index contributed by atoms with van der Waals surface area (Å²) in [4.78, 5) is 0. The Morgan fingerprint density at radius 3 is 2.37 bits per heavy atom. The van der Waals surface area contributed by atoms with Crippen LogP contribution in [0.15, 0.2) is 0 Å². The van der Waals surface area contributed by atoms with Crippen LogP contribution in [-0.2, 0) is 25.8 Å². The van der Waals surface area contributed by atoms with Crippen LogP contribution in [0.25, 0.3) is 0 Å². The zero-order valence-electron chi connectivity index (χ0n) is 13.2. The number of nitrogens with two attached hydrogens (primary N) is 1. The Morgan fingerprint density at radius 2 is 1.84 bits per heavy atom. The Hall–Kier alpha value is -0.830. The van der Waals surface area contributed by atoms with Crippen molar-refractivity contribution in [1.29, 1.82) is 0 Å². The van der Waals surface area contributed by atoms with E-state index in [1.165, 1.54) is 42.6 Å². The molecule has 0 fully saturated rings. The Morgan fingerprint density at radius 1 is 1.11 bits per heavy atom. The number of nitrogens with zero attached hydrogens (tertiary/aromatic N) is 2. The Labute approximate surface area is 118 Å². The molecule has 3 heteroatoms. The van der Waals surface area contributed by atoms with Gasteiger partial charge in [0.1, 0.15) is 0 Å². The minimum Gasteiger partial charge on any atom is -0.328 e. The highest BCUT2D eigenvalue weighted by molar-refractivity contribution is 5.27. The first kappa shape index (κ1) is 16.2. The van der Waals surface area contributed by atoms with Gasteiger partial charge in [-0.3, -0.25) is 4.68 Å². The molecule has 0 spiro atoms. The summed E-state index contributed by atoms with van der Waals surface area (Å²) in [5.74, 6) is 0. The van der Waals surface area contributed by atoms with Gasteiger partial charge in [-0.25, -0.2) is 0 Å².